The molecule has 0 saturated heterocycles. The van der Waals surface area contributed by atoms with E-state index < -0.39 is 5.97 Å². The average molecular weight is 387 g/mol. The van der Waals surface area contributed by atoms with Gasteiger partial charge in [-0.15, -0.1) is 0 Å². The molecule has 1 amide bonds. The minimum atomic E-state index is -0.640. The molecule has 2 rings (SSSR count). The fourth-order valence-electron chi connectivity index (χ4n) is 1.93. The van der Waals surface area contributed by atoms with E-state index in [2.05, 4.69) is 5.32 Å². The molecule has 126 valence electrons. The fourth-order valence-corrected chi connectivity index (χ4v) is 2.44. The Balaban J connectivity index is 1.74. The number of ether oxygens (including phenoxy) is 1. The first-order valence-corrected chi connectivity index (χ1v) is 8.22. The Morgan fingerprint density at radius 2 is 1.79 bits per heavy atom. The lowest BCUT2D eigenvalue weighted by Gasteiger charge is -2.07. The number of hydrogen-bond donors (Lipinski definition) is 1. The molecule has 0 heterocycles. The molecule has 4 nitrogen and oxygen atoms in total. The molecule has 0 spiro atoms. The highest BCUT2D eigenvalue weighted by molar-refractivity contribution is 6.42. The summed E-state index contributed by atoms with van der Waals surface area (Å²) in [4.78, 5) is 23.5. The number of benzene rings is 2. The van der Waals surface area contributed by atoms with Crippen molar-refractivity contribution >= 4 is 46.7 Å². The molecular formula is C17H14Cl3NO3. The van der Waals surface area contributed by atoms with Crippen LogP contribution in [0.4, 0.5) is 0 Å². The second-order valence-electron chi connectivity index (χ2n) is 4.93. The maximum atomic E-state index is 11.8. The van der Waals surface area contributed by atoms with Gasteiger partial charge in [0.25, 0.3) is 5.91 Å². The van der Waals surface area contributed by atoms with Gasteiger partial charge >= 0.3 is 5.97 Å². The van der Waals surface area contributed by atoms with Gasteiger partial charge in [-0.3, -0.25) is 4.79 Å². The highest BCUT2D eigenvalue weighted by atomic mass is 35.5. The van der Waals surface area contributed by atoms with Crippen LogP contribution in [0, 0.1) is 0 Å². The second kappa shape index (κ2) is 8.92. The summed E-state index contributed by atoms with van der Waals surface area (Å²) in [5.41, 5.74) is 1.24. The van der Waals surface area contributed by atoms with Gasteiger partial charge in [0.15, 0.2) is 6.61 Å². The number of halogens is 3. The molecule has 7 heteroatoms. The van der Waals surface area contributed by atoms with E-state index in [9.17, 15) is 9.59 Å². The van der Waals surface area contributed by atoms with Crippen molar-refractivity contribution in [3.05, 3.63) is 68.7 Å². The summed E-state index contributed by atoms with van der Waals surface area (Å²) >= 11 is 17.5. The first-order valence-electron chi connectivity index (χ1n) is 7.09. The fraction of sp³-hybridized carbons (Fsp3) is 0.176. The Morgan fingerprint density at radius 1 is 1.00 bits per heavy atom. The molecule has 2 aromatic rings. The van der Waals surface area contributed by atoms with Gasteiger partial charge in [-0.25, -0.2) is 4.79 Å². The lowest BCUT2D eigenvalue weighted by Crippen LogP contribution is -2.30. The Bertz CT molecular complexity index is 750. The molecule has 0 saturated carbocycles. The number of hydrogen-bond acceptors (Lipinski definition) is 3. The van der Waals surface area contributed by atoms with Gasteiger partial charge in [0.2, 0.25) is 0 Å². The van der Waals surface area contributed by atoms with Crippen molar-refractivity contribution in [1.29, 1.82) is 0 Å². The predicted octanol–water partition coefficient (Wildman–Crippen LogP) is 4.16. The molecule has 0 fully saturated rings. The van der Waals surface area contributed by atoms with Crippen LogP contribution in [0.15, 0.2) is 42.5 Å². The lowest BCUT2D eigenvalue weighted by molar-refractivity contribution is -0.124. The van der Waals surface area contributed by atoms with Crippen LogP contribution < -0.4 is 5.32 Å². The van der Waals surface area contributed by atoms with Crippen LogP contribution in [-0.2, 0) is 16.0 Å². The van der Waals surface area contributed by atoms with Crippen LogP contribution in [0.2, 0.25) is 15.1 Å². The Morgan fingerprint density at radius 3 is 2.50 bits per heavy atom. The minimum Gasteiger partial charge on any atom is -0.452 e. The van der Waals surface area contributed by atoms with E-state index >= 15 is 0 Å². The van der Waals surface area contributed by atoms with Crippen LogP contribution in [0.25, 0.3) is 0 Å². The number of rotatable bonds is 6. The van der Waals surface area contributed by atoms with Crippen LogP contribution in [-0.4, -0.2) is 25.0 Å². The summed E-state index contributed by atoms with van der Waals surface area (Å²) < 4.78 is 4.93. The molecule has 0 aromatic heterocycles. The van der Waals surface area contributed by atoms with Gasteiger partial charge < -0.3 is 10.1 Å². The predicted molar refractivity (Wildman–Crippen MR) is 94.9 cm³/mol. The van der Waals surface area contributed by atoms with E-state index in [1.54, 1.807) is 6.07 Å². The average Bonchev–Trinajstić information content (AvgIpc) is 2.55. The topological polar surface area (TPSA) is 55.4 Å². The normalized spacial score (nSPS) is 10.3. The number of nitrogens with one attached hydrogen (secondary N) is 1. The van der Waals surface area contributed by atoms with Crippen LogP contribution in [0.3, 0.4) is 0 Å². The van der Waals surface area contributed by atoms with Crippen LogP contribution in [0.1, 0.15) is 15.9 Å². The van der Waals surface area contributed by atoms with Gasteiger partial charge in [0, 0.05) is 11.6 Å². The summed E-state index contributed by atoms with van der Waals surface area (Å²) in [5, 5.41) is 3.91. The maximum Gasteiger partial charge on any atom is 0.338 e. The van der Waals surface area contributed by atoms with Gasteiger partial charge in [0.1, 0.15) is 0 Å². The van der Waals surface area contributed by atoms with Gasteiger partial charge in [-0.2, -0.15) is 0 Å². The first-order chi connectivity index (χ1) is 11.5. The molecule has 0 unspecified atom stereocenters. The van der Waals surface area contributed by atoms with Gasteiger partial charge in [-0.1, -0.05) is 46.9 Å². The highest BCUT2D eigenvalue weighted by Gasteiger charge is 2.11. The number of esters is 1. The van der Waals surface area contributed by atoms with E-state index in [1.807, 2.05) is 18.2 Å². The van der Waals surface area contributed by atoms with Crippen molar-refractivity contribution in [3.63, 3.8) is 0 Å². The quantitative estimate of drug-likeness (QED) is 0.758. The number of carbonyl (C=O) groups is 2. The minimum absolute atomic E-state index is 0.233. The molecule has 0 aliphatic heterocycles. The molecular weight excluding hydrogens is 373 g/mol. The molecule has 0 aliphatic carbocycles. The first kappa shape index (κ1) is 18.6. The summed E-state index contributed by atoms with van der Waals surface area (Å²) in [7, 11) is 0. The molecule has 2 aromatic carbocycles. The summed E-state index contributed by atoms with van der Waals surface area (Å²) in [6.45, 7) is 0.0537. The van der Waals surface area contributed by atoms with E-state index in [0.717, 1.165) is 5.56 Å². The molecule has 24 heavy (non-hydrogen) atoms. The molecule has 1 N–H and O–H groups in total. The highest BCUT2D eigenvalue weighted by Crippen LogP contribution is 2.22. The van der Waals surface area contributed by atoms with E-state index in [-0.39, 0.29) is 23.1 Å². The molecule has 0 radical (unpaired) electrons. The second-order valence-corrected chi connectivity index (χ2v) is 6.19. The monoisotopic (exact) mass is 385 g/mol. The zero-order valence-corrected chi connectivity index (χ0v) is 14.8. The van der Waals surface area contributed by atoms with Crippen LogP contribution >= 0.6 is 34.8 Å². The standard InChI is InChI=1S/C17H14Cl3NO3/c18-13-3-1-2-11(8-13)6-7-21-16(22)10-24-17(23)12-4-5-14(19)15(20)9-12/h1-5,8-9H,6-7,10H2,(H,21,22). The van der Waals surface area contributed by atoms with Crippen molar-refractivity contribution in [2.75, 3.05) is 13.2 Å². The van der Waals surface area contributed by atoms with Crippen molar-refractivity contribution in [3.8, 4) is 0 Å². The van der Waals surface area contributed by atoms with E-state index in [4.69, 9.17) is 39.5 Å². The van der Waals surface area contributed by atoms with Crippen molar-refractivity contribution in [1.82, 2.24) is 5.32 Å². The number of carbonyl (C=O) groups excluding carboxylic acids is 2. The summed E-state index contributed by atoms with van der Waals surface area (Å²) in [6, 6.07) is 11.7. The number of amides is 1. The van der Waals surface area contributed by atoms with Crippen molar-refractivity contribution in [2.45, 2.75) is 6.42 Å². The Hall–Kier alpha value is -1.75. The summed E-state index contributed by atoms with van der Waals surface area (Å²) in [5.74, 6) is -1.02. The molecule has 0 atom stereocenters. The Kier molecular flexibility index (Phi) is 6.91. The van der Waals surface area contributed by atoms with Gasteiger partial charge in [-0.05, 0) is 42.3 Å². The smallest absolute Gasteiger partial charge is 0.338 e. The Labute approximate surface area is 154 Å². The van der Waals surface area contributed by atoms with Crippen molar-refractivity contribution < 1.29 is 14.3 Å². The van der Waals surface area contributed by atoms with Crippen LogP contribution in [0.5, 0.6) is 0 Å². The molecule has 0 bridgehead atoms. The zero-order valence-electron chi connectivity index (χ0n) is 12.5. The largest absolute Gasteiger partial charge is 0.452 e. The van der Waals surface area contributed by atoms with Crippen molar-refractivity contribution in [2.24, 2.45) is 0 Å². The van der Waals surface area contributed by atoms with E-state index in [1.165, 1.54) is 18.2 Å². The third-order valence-corrected chi connectivity index (χ3v) is 4.09. The van der Waals surface area contributed by atoms with E-state index in [0.29, 0.717) is 23.0 Å². The third kappa shape index (κ3) is 5.71. The molecule has 0 aliphatic rings. The SMILES string of the molecule is O=C(COC(=O)c1ccc(Cl)c(Cl)c1)NCCc1cccc(Cl)c1. The third-order valence-electron chi connectivity index (χ3n) is 3.11. The lowest BCUT2D eigenvalue weighted by atomic mass is 10.1. The zero-order chi connectivity index (χ0) is 17.5. The summed E-state index contributed by atoms with van der Waals surface area (Å²) in [6.07, 6.45) is 0.632. The van der Waals surface area contributed by atoms with Gasteiger partial charge in [0.05, 0.1) is 15.6 Å². The maximum absolute atomic E-state index is 11.8.